The summed E-state index contributed by atoms with van der Waals surface area (Å²) in [5.41, 5.74) is 6.11. The van der Waals surface area contributed by atoms with Crippen molar-refractivity contribution in [2.45, 2.75) is 9.79 Å². The zero-order valence-electron chi connectivity index (χ0n) is 24.1. The maximum atomic E-state index is 13.1. The maximum Gasteiger partial charge on any atom is 0.277 e. The summed E-state index contributed by atoms with van der Waals surface area (Å²) in [6, 6.07) is 41.2. The summed E-state index contributed by atoms with van der Waals surface area (Å²) in [6.45, 7) is 0. The van der Waals surface area contributed by atoms with Crippen molar-refractivity contribution in [3.8, 4) is 22.3 Å². The van der Waals surface area contributed by atoms with Gasteiger partial charge in [-0.25, -0.2) is 0 Å². The van der Waals surface area contributed by atoms with E-state index in [-0.39, 0.29) is 27.0 Å². The predicted molar refractivity (Wildman–Crippen MR) is 179 cm³/mol. The molecule has 0 unspecified atom stereocenters. The van der Waals surface area contributed by atoms with Gasteiger partial charge in [-0.2, -0.15) is 0 Å². The van der Waals surface area contributed by atoms with Crippen LogP contribution in [0.1, 0.15) is 15.9 Å². The molecule has 0 aromatic heterocycles. The normalized spacial score (nSPS) is 11.8. The quantitative estimate of drug-likeness (QED) is 0.0990. The zero-order chi connectivity index (χ0) is 31.8. The highest BCUT2D eigenvalue weighted by Gasteiger charge is 2.28. The van der Waals surface area contributed by atoms with Crippen LogP contribution in [0.4, 0.5) is 28.4 Å². The molecule has 0 fully saturated rings. The average molecular weight is 622 g/mol. The molecule has 0 spiro atoms. The van der Waals surface area contributed by atoms with E-state index < -0.39 is 0 Å². The molecule has 222 valence electrons. The van der Waals surface area contributed by atoms with Crippen molar-refractivity contribution in [2.24, 2.45) is 0 Å². The highest BCUT2D eigenvalue weighted by Crippen LogP contribution is 2.53. The van der Waals surface area contributed by atoms with Crippen molar-refractivity contribution in [1.82, 2.24) is 0 Å². The lowest BCUT2D eigenvalue weighted by molar-refractivity contribution is -0.384. The first kappa shape index (κ1) is 28.7. The second-order valence-corrected chi connectivity index (χ2v) is 11.7. The number of nitro groups is 2. The number of carbonyl (C=O) groups excluding carboxylic acids is 1. The van der Waals surface area contributed by atoms with E-state index in [9.17, 15) is 25.0 Å². The fraction of sp³-hybridized carbons (Fsp3) is 0. The van der Waals surface area contributed by atoms with E-state index in [4.69, 9.17) is 0 Å². The van der Waals surface area contributed by atoms with Gasteiger partial charge in [0, 0.05) is 38.7 Å². The fourth-order valence-corrected chi connectivity index (χ4v) is 6.83. The Kier molecular flexibility index (Phi) is 7.36. The molecule has 0 aliphatic carbocycles. The Bertz CT molecular complexity index is 2060. The van der Waals surface area contributed by atoms with Crippen molar-refractivity contribution >= 4 is 46.0 Å². The highest BCUT2D eigenvalue weighted by molar-refractivity contribution is 7.99. The summed E-state index contributed by atoms with van der Waals surface area (Å²) in [6.07, 6.45) is 0. The van der Waals surface area contributed by atoms with E-state index in [1.54, 1.807) is 60.7 Å². The molecule has 6 aromatic carbocycles. The van der Waals surface area contributed by atoms with Crippen LogP contribution in [0.15, 0.2) is 149 Å². The Balaban J connectivity index is 1.36. The van der Waals surface area contributed by atoms with E-state index in [1.165, 1.54) is 23.9 Å². The monoisotopic (exact) mass is 621 g/mol. The van der Waals surface area contributed by atoms with Gasteiger partial charge in [-0.1, -0.05) is 78.5 Å². The molecule has 0 bridgehead atoms. The number of hydrogen-bond acceptors (Lipinski definition) is 7. The SMILES string of the molecule is O=C(c1ccccc1)c1ccc(N2c3ccc(-c4ccccc4[N+](=O)[O-])cc3Sc3cc(-c4ccccc4[N+](=O)[O-])ccc32)cc1. The van der Waals surface area contributed by atoms with Gasteiger partial charge < -0.3 is 4.90 Å². The Morgan fingerprint density at radius 1 is 0.543 bits per heavy atom. The Hall–Kier alpha value is -6.06. The summed E-state index contributed by atoms with van der Waals surface area (Å²) >= 11 is 1.50. The van der Waals surface area contributed by atoms with E-state index in [0.717, 1.165) is 26.9 Å². The third-order valence-electron chi connectivity index (χ3n) is 7.87. The van der Waals surface area contributed by atoms with E-state index in [1.807, 2.05) is 66.7 Å². The molecule has 6 aromatic rings. The minimum Gasteiger partial charge on any atom is -0.308 e. The Labute approximate surface area is 267 Å². The van der Waals surface area contributed by atoms with Gasteiger partial charge in [0.2, 0.25) is 0 Å². The van der Waals surface area contributed by atoms with Crippen molar-refractivity contribution in [3.05, 3.63) is 171 Å². The number of anilines is 3. The van der Waals surface area contributed by atoms with Crippen LogP contribution in [-0.2, 0) is 0 Å². The van der Waals surface area contributed by atoms with Gasteiger partial charge in [0.25, 0.3) is 11.4 Å². The predicted octanol–water partition coefficient (Wildman–Crippen LogP) is 10.0. The van der Waals surface area contributed by atoms with Crippen LogP contribution < -0.4 is 4.90 Å². The number of fused-ring (bicyclic) bond motifs is 2. The van der Waals surface area contributed by atoms with Gasteiger partial charge in [0.05, 0.1) is 32.3 Å². The van der Waals surface area contributed by atoms with Crippen LogP contribution in [0, 0.1) is 20.2 Å². The first-order valence-corrected chi connectivity index (χ1v) is 15.1. The summed E-state index contributed by atoms with van der Waals surface area (Å²) < 4.78 is 0. The number of hydrogen-bond donors (Lipinski definition) is 0. The fourth-order valence-electron chi connectivity index (χ4n) is 5.69. The molecule has 1 aliphatic heterocycles. The molecule has 8 nitrogen and oxygen atoms in total. The minimum absolute atomic E-state index is 0.0119. The molecule has 1 heterocycles. The maximum absolute atomic E-state index is 13.1. The van der Waals surface area contributed by atoms with Crippen molar-refractivity contribution in [3.63, 3.8) is 0 Å². The summed E-state index contributed by atoms with van der Waals surface area (Å²) in [7, 11) is 0. The smallest absolute Gasteiger partial charge is 0.277 e. The molecule has 0 N–H and O–H groups in total. The highest BCUT2D eigenvalue weighted by atomic mass is 32.2. The zero-order valence-corrected chi connectivity index (χ0v) is 24.9. The lowest BCUT2D eigenvalue weighted by atomic mass is 10.0. The summed E-state index contributed by atoms with van der Waals surface area (Å²) in [5, 5.41) is 23.6. The van der Waals surface area contributed by atoms with Crippen molar-refractivity contribution in [1.29, 1.82) is 0 Å². The number of nitro benzene ring substituents is 2. The lowest BCUT2D eigenvalue weighted by Crippen LogP contribution is -2.15. The molecule has 0 radical (unpaired) electrons. The first-order valence-electron chi connectivity index (χ1n) is 14.3. The second kappa shape index (κ2) is 11.8. The first-order chi connectivity index (χ1) is 22.4. The van der Waals surface area contributed by atoms with Crippen LogP contribution >= 0.6 is 11.8 Å². The van der Waals surface area contributed by atoms with Crippen LogP contribution in [-0.4, -0.2) is 15.6 Å². The van der Waals surface area contributed by atoms with Gasteiger partial charge >= 0.3 is 0 Å². The number of para-hydroxylation sites is 2. The Morgan fingerprint density at radius 3 is 1.50 bits per heavy atom. The number of ketones is 1. The molecule has 7 rings (SSSR count). The van der Waals surface area contributed by atoms with Gasteiger partial charge in [-0.05, 0) is 71.8 Å². The number of rotatable bonds is 7. The van der Waals surface area contributed by atoms with Gasteiger partial charge in [-0.3, -0.25) is 25.0 Å². The Morgan fingerprint density at radius 2 is 1.00 bits per heavy atom. The molecular weight excluding hydrogens is 598 g/mol. The average Bonchev–Trinajstić information content (AvgIpc) is 3.10. The standard InChI is InChI=1S/C37H23N3O5S/c41-37(24-8-2-1-3-9-24)25-14-18-28(19-15-25)38-33-20-16-26(29-10-4-6-12-31(29)39(42)43)22-35(33)46-36-23-27(17-21-34(36)38)30-11-5-7-13-32(30)40(44)45/h1-23H. The number of carbonyl (C=O) groups is 1. The molecule has 0 saturated carbocycles. The van der Waals surface area contributed by atoms with Gasteiger partial charge in [0.15, 0.2) is 5.78 Å². The number of benzene rings is 6. The van der Waals surface area contributed by atoms with Crippen LogP contribution in [0.3, 0.4) is 0 Å². The van der Waals surface area contributed by atoms with Crippen LogP contribution in [0.2, 0.25) is 0 Å². The van der Waals surface area contributed by atoms with E-state index in [2.05, 4.69) is 4.90 Å². The molecular formula is C37H23N3O5S. The lowest BCUT2D eigenvalue weighted by Gasteiger charge is -2.33. The molecule has 1 aliphatic rings. The van der Waals surface area contributed by atoms with E-state index >= 15 is 0 Å². The summed E-state index contributed by atoms with van der Waals surface area (Å²) in [4.78, 5) is 39.8. The van der Waals surface area contributed by atoms with Crippen molar-refractivity contribution in [2.75, 3.05) is 4.90 Å². The van der Waals surface area contributed by atoms with Crippen molar-refractivity contribution < 1.29 is 14.6 Å². The molecule has 0 amide bonds. The topological polar surface area (TPSA) is 107 Å². The van der Waals surface area contributed by atoms with E-state index in [0.29, 0.717) is 33.4 Å². The number of nitrogens with zero attached hydrogens (tertiary/aromatic N) is 3. The minimum atomic E-state index is -0.388. The van der Waals surface area contributed by atoms with Crippen LogP contribution in [0.5, 0.6) is 0 Å². The van der Waals surface area contributed by atoms with Gasteiger partial charge in [-0.15, -0.1) is 0 Å². The molecule has 9 heteroatoms. The molecule has 0 atom stereocenters. The molecule has 46 heavy (non-hydrogen) atoms. The molecule has 0 saturated heterocycles. The summed E-state index contributed by atoms with van der Waals surface area (Å²) in [5.74, 6) is -0.0784. The second-order valence-electron chi connectivity index (χ2n) is 10.6. The third-order valence-corrected chi connectivity index (χ3v) is 8.96. The van der Waals surface area contributed by atoms with Crippen LogP contribution in [0.25, 0.3) is 22.3 Å². The third kappa shape index (κ3) is 5.18. The largest absolute Gasteiger partial charge is 0.308 e. The van der Waals surface area contributed by atoms with Gasteiger partial charge in [0.1, 0.15) is 0 Å².